The smallest absolute Gasteiger partial charge is 0.259 e. The number of hydrogen-bond acceptors (Lipinski definition) is 11. The molecule has 4 aromatic rings. The van der Waals surface area contributed by atoms with Gasteiger partial charge < -0.3 is 20.3 Å². The molecular formula is C39H41F2N7O6S2. The summed E-state index contributed by atoms with van der Waals surface area (Å²) in [4.78, 5) is 58.2. The first-order valence-electron chi connectivity index (χ1n) is 18.7. The molecule has 3 N–H and O–H groups in total. The first kappa shape index (κ1) is 37.9. The monoisotopic (exact) mass is 805 g/mol. The fourth-order valence-corrected chi connectivity index (χ4v) is 9.53. The van der Waals surface area contributed by atoms with Crippen molar-refractivity contribution in [3.63, 3.8) is 0 Å². The Morgan fingerprint density at radius 3 is 2.55 bits per heavy atom. The Balaban J connectivity index is 1.17. The van der Waals surface area contributed by atoms with Crippen LogP contribution in [0.4, 0.5) is 13.9 Å². The summed E-state index contributed by atoms with van der Waals surface area (Å²) >= 11 is 1.36. The van der Waals surface area contributed by atoms with E-state index < -0.39 is 75.5 Å². The van der Waals surface area contributed by atoms with Gasteiger partial charge >= 0.3 is 0 Å². The lowest BCUT2D eigenvalue weighted by molar-refractivity contribution is -0.141. The molecule has 56 heavy (non-hydrogen) atoms. The van der Waals surface area contributed by atoms with Gasteiger partial charge in [0.05, 0.1) is 34.4 Å². The second-order valence-corrected chi connectivity index (χ2v) is 18.0. The number of carbonyl (C=O) groups excluding carboxylic acids is 3. The quantitative estimate of drug-likeness (QED) is 0.232. The number of aryl methyl sites for hydroxylation is 1. The number of fused-ring (bicyclic) bond motifs is 9. The molecule has 4 aliphatic rings. The van der Waals surface area contributed by atoms with Crippen molar-refractivity contribution in [2.75, 3.05) is 11.9 Å². The lowest BCUT2D eigenvalue weighted by Crippen LogP contribution is -2.58. The highest BCUT2D eigenvalue weighted by molar-refractivity contribution is 7.91. The molecule has 13 nitrogen and oxygen atoms in total. The molecule has 3 fully saturated rings. The van der Waals surface area contributed by atoms with Gasteiger partial charge in [-0.3, -0.25) is 19.1 Å². The van der Waals surface area contributed by atoms with Crippen molar-refractivity contribution in [2.45, 2.75) is 87.8 Å². The molecule has 2 aliphatic carbocycles. The number of anilines is 1. The van der Waals surface area contributed by atoms with E-state index in [1.165, 1.54) is 16.2 Å². The van der Waals surface area contributed by atoms with Gasteiger partial charge in [-0.1, -0.05) is 56.3 Å². The first-order valence-corrected chi connectivity index (χ1v) is 21.1. The number of carbonyl (C=O) groups is 3. The van der Waals surface area contributed by atoms with E-state index in [0.29, 0.717) is 41.1 Å². The van der Waals surface area contributed by atoms with Crippen LogP contribution in [0.3, 0.4) is 0 Å². The zero-order valence-electron chi connectivity index (χ0n) is 30.7. The fourth-order valence-electron chi connectivity index (χ4n) is 7.38. The molecule has 294 valence electrons. The van der Waals surface area contributed by atoms with Crippen LogP contribution in [0.15, 0.2) is 60.0 Å². The summed E-state index contributed by atoms with van der Waals surface area (Å²) in [5, 5.41) is 7.41. The lowest BCUT2D eigenvalue weighted by atomic mass is 10.0. The van der Waals surface area contributed by atoms with E-state index in [-0.39, 0.29) is 24.8 Å². The van der Waals surface area contributed by atoms with E-state index in [4.69, 9.17) is 19.7 Å². The minimum Gasteiger partial charge on any atom is -0.471 e. The summed E-state index contributed by atoms with van der Waals surface area (Å²) in [6.07, 6.45) is 1.79. The van der Waals surface area contributed by atoms with Crippen molar-refractivity contribution >= 4 is 61.3 Å². The molecule has 2 aromatic heterocycles. The normalized spacial score (nSPS) is 25.7. The first-order chi connectivity index (χ1) is 26.8. The van der Waals surface area contributed by atoms with Crippen LogP contribution in [0.5, 0.6) is 5.88 Å². The van der Waals surface area contributed by atoms with Crippen molar-refractivity contribution in [3.8, 4) is 17.1 Å². The number of amides is 3. The van der Waals surface area contributed by atoms with E-state index in [9.17, 15) is 31.6 Å². The van der Waals surface area contributed by atoms with Gasteiger partial charge in [0.15, 0.2) is 5.13 Å². The zero-order chi connectivity index (χ0) is 39.4. The van der Waals surface area contributed by atoms with E-state index in [1.54, 1.807) is 6.07 Å². The molecule has 5 atom stereocenters. The Morgan fingerprint density at radius 2 is 1.84 bits per heavy atom. The summed E-state index contributed by atoms with van der Waals surface area (Å²) < 4.78 is 62.3. The van der Waals surface area contributed by atoms with Crippen LogP contribution in [-0.2, 0) is 30.8 Å². The number of halogens is 2. The van der Waals surface area contributed by atoms with Gasteiger partial charge in [0.1, 0.15) is 29.4 Å². The molecule has 3 amide bonds. The number of thiazole rings is 1. The SMILES string of the molecule is CC(C)[C@@H]1Nc2nc(cs2)CC/C=C/c2cccc(c2)-c2nc3ccccc3nc2O[C@@H]2C[C@@H](C(=O)N[C@]3(C(=O)NS(=O)(=O)C4CC4)C[C@H]3C(F)F)N(C2)C1=O. The number of rotatable bonds is 7. The molecule has 0 spiro atoms. The summed E-state index contributed by atoms with van der Waals surface area (Å²) in [5.74, 6) is -4.27. The van der Waals surface area contributed by atoms with Gasteiger partial charge in [0.2, 0.25) is 34.1 Å². The third-order valence-corrected chi connectivity index (χ3v) is 13.4. The lowest BCUT2D eigenvalue weighted by Gasteiger charge is -2.31. The van der Waals surface area contributed by atoms with Crippen LogP contribution in [0.1, 0.15) is 57.2 Å². The average molecular weight is 806 g/mol. The molecule has 2 aromatic carbocycles. The number of nitrogens with zero attached hydrogens (tertiary/aromatic N) is 4. The summed E-state index contributed by atoms with van der Waals surface area (Å²) in [5.41, 5.74) is 1.98. The van der Waals surface area contributed by atoms with Gasteiger partial charge in [-0.2, -0.15) is 0 Å². The maximum atomic E-state index is 14.6. The van der Waals surface area contributed by atoms with Gasteiger partial charge in [-0.25, -0.2) is 32.2 Å². The largest absolute Gasteiger partial charge is 0.471 e. The number of para-hydroxylation sites is 2. The number of alkyl halides is 2. The van der Waals surface area contributed by atoms with Crippen molar-refractivity contribution in [3.05, 3.63) is 71.2 Å². The maximum Gasteiger partial charge on any atom is 0.259 e. The number of nitrogens with one attached hydrogen (secondary N) is 3. The fraction of sp³-hybridized carbons (Fsp3) is 0.436. The average Bonchev–Trinajstić information content (AvgIpc) is 4.07. The number of benzene rings is 2. The zero-order valence-corrected chi connectivity index (χ0v) is 32.3. The van der Waals surface area contributed by atoms with Gasteiger partial charge in [-0.15, -0.1) is 11.3 Å². The summed E-state index contributed by atoms with van der Waals surface area (Å²) in [6, 6.07) is 12.9. The predicted molar refractivity (Wildman–Crippen MR) is 206 cm³/mol. The van der Waals surface area contributed by atoms with Crippen LogP contribution in [-0.4, -0.2) is 87.9 Å². The molecule has 1 saturated heterocycles. The number of hydrogen-bond donors (Lipinski definition) is 3. The highest BCUT2D eigenvalue weighted by atomic mass is 32.2. The van der Waals surface area contributed by atoms with E-state index >= 15 is 0 Å². The highest BCUT2D eigenvalue weighted by Gasteiger charge is 2.66. The van der Waals surface area contributed by atoms with E-state index in [1.807, 2.05) is 72.5 Å². The Hall–Kier alpha value is -5.03. The number of allylic oxidation sites excluding steroid dienone is 1. The van der Waals surface area contributed by atoms with Crippen molar-refractivity contribution in [1.29, 1.82) is 0 Å². The second-order valence-electron chi connectivity index (χ2n) is 15.2. The minimum atomic E-state index is -4.11. The maximum absolute atomic E-state index is 14.6. The molecule has 2 saturated carbocycles. The van der Waals surface area contributed by atoms with Crippen molar-refractivity contribution < 1.29 is 36.3 Å². The Kier molecular flexibility index (Phi) is 10.0. The second kappa shape index (κ2) is 14.8. The Labute approximate surface area is 326 Å². The van der Waals surface area contributed by atoms with Gasteiger partial charge in [-0.05, 0) is 61.8 Å². The molecule has 8 rings (SSSR count). The molecule has 17 heteroatoms. The van der Waals surface area contributed by atoms with Crippen LogP contribution >= 0.6 is 11.3 Å². The summed E-state index contributed by atoms with van der Waals surface area (Å²) in [6.45, 7) is 3.62. The molecular weight excluding hydrogens is 765 g/mol. The van der Waals surface area contributed by atoms with E-state index in [2.05, 4.69) is 16.7 Å². The molecule has 4 heterocycles. The van der Waals surface area contributed by atoms with Crippen molar-refractivity contribution in [2.24, 2.45) is 11.8 Å². The molecule has 6 bridgehead atoms. The predicted octanol–water partition coefficient (Wildman–Crippen LogP) is 4.95. The topological polar surface area (TPSA) is 173 Å². The van der Waals surface area contributed by atoms with Crippen LogP contribution < -0.4 is 20.1 Å². The third-order valence-electron chi connectivity index (χ3n) is 10.7. The summed E-state index contributed by atoms with van der Waals surface area (Å²) in [7, 11) is -4.11. The highest BCUT2D eigenvalue weighted by Crippen LogP contribution is 2.48. The van der Waals surface area contributed by atoms with Gasteiger partial charge in [0, 0.05) is 17.4 Å². The Morgan fingerprint density at radius 1 is 1.07 bits per heavy atom. The molecule has 0 radical (unpaired) electrons. The standard InChI is InChI=1S/C39H41F2N7O6S2/c1-21(2)31-36(50)48-19-25(17-30(48)34(49)46-39(18-27(39)33(40)41)37(51)47-56(52,53)26-14-15-26)54-35-32(43-28-12-5-6-13-29(28)44-35)23-10-7-9-22(16-23)8-3-4-11-24-20-55-38(42-24)45-31/h3,5-10,12-13,16,20-21,25-27,30-31,33H,4,11,14-15,17-19H2,1-2H3,(H,42,45)(H,46,49)(H,47,51)/b8-3+/t25-,27+,30+,31+,39-/m1/s1. The number of sulfonamides is 1. The molecule has 2 aliphatic heterocycles. The van der Waals surface area contributed by atoms with E-state index in [0.717, 1.165) is 23.2 Å². The number of aromatic nitrogens is 3. The van der Waals surface area contributed by atoms with Crippen LogP contribution in [0.2, 0.25) is 0 Å². The number of ether oxygens (including phenoxy) is 1. The Bertz CT molecular complexity index is 2330. The van der Waals surface area contributed by atoms with Crippen LogP contribution in [0.25, 0.3) is 28.4 Å². The molecule has 0 unspecified atom stereocenters. The third kappa shape index (κ3) is 7.57. The van der Waals surface area contributed by atoms with Gasteiger partial charge in [0.25, 0.3) is 5.91 Å². The minimum absolute atomic E-state index is 0.0854. The van der Waals surface area contributed by atoms with Crippen LogP contribution in [0, 0.1) is 11.8 Å². The van der Waals surface area contributed by atoms with Crippen molar-refractivity contribution in [1.82, 2.24) is 29.9 Å².